The van der Waals surface area contributed by atoms with Gasteiger partial charge in [0, 0.05) is 31.3 Å². The highest BCUT2D eigenvalue weighted by atomic mass is 32.2. The molecule has 1 aliphatic heterocycles. The Bertz CT molecular complexity index is 643. The van der Waals surface area contributed by atoms with Crippen LogP contribution >= 0.6 is 0 Å². The second-order valence-electron chi connectivity index (χ2n) is 6.15. The van der Waals surface area contributed by atoms with Crippen molar-refractivity contribution in [3.05, 3.63) is 35.4 Å². The number of hydrogen-bond acceptors (Lipinski definition) is 3. The topological polar surface area (TPSA) is 66.5 Å². The van der Waals surface area contributed by atoms with Crippen LogP contribution < -0.4 is 5.32 Å². The Morgan fingerprint density at radius 1 is 1.36 bits per heavy atom. The Morgan fingerprint density at radius 3 is 2.68 bits per heavy atom. The van der Waals surface area contributed by atoms with Crippen molar-refractivity contribution in [1.82, 2.24) is 10.2 Å². The predicted molar refractivity (Wildman–Crippen MR) is 87.8 cm³/mol. The summed E-state index contributed by atoms with van der Waals surface area (Å²) < 4.78 is 22.2. The summed E-state index contributed by atoms with van der Waals surface area (Å²) in [5.74, 6) is 0.319. The fourth-order valence-electron chi connectivity index (χ4n) is 3.03. The number of nitrogens with one attached hydrogen (secondary N) is 1. The molecule has 2 rings (SSSR count). The summed E-state index contributed by atoms with van der Waals surface area (Å²) in [7, 11) is -3.05. The molecule has 0 aromatic heterocycles. The third-order valence-corrected chi connectivity index (χ3v) is 5.16. The molecule has 122 valence electrons. The molecule has 1 saturated heterocycles. The zero-order valence-electron chi connectivity index (χ0n) is 13.4. The van der Waals surface area contributed by atoms with Crippen LogP contribution in [-0.4, -0.2) is 50.5 Å². The molecule has 6 heteroatoms. The quantitative estimate of drug-likeness (QED) is 0.920. The average Bonchev–Trinajstić information content (AvgIpc) is 2.79. The number of rotatable bonds is 4. The van der Waals surface area contributed by atoms with E-state index in [1.807, 2.05) is 19.1 Å². The minimum Gasteiger partial charge on any atom is -0.337 e. The lowest BCUT2D eigenvalue weighted by Crippen LogP contribution is -2.43. The summed E-state index contributed by atoms with van der Waals surface area (Å²) in [6, 6.07) is 8.25. The van der Waals surface area contributed by atoms with Crippen LogP contribution in [0.4, 0.5) is 4.79 Å². The molecule has 2 amide bonds. The van der Waals surface area contributed by atoms with Crippen LogP contribution in [-0.2, 0) is 9.84 Å². The van der Waals surface area contributed by atoms with Gasteiger partial charge < -0.3 is 10.2 Å². The number of aryl methyl sites for hydroxylation is 1. The van der Waals surface area contributed by atoms with E-state index >= 15 is 0 Å². The Hall–Kier alpha value is -1.56. The molecule has 1 heterocycles. The number of urea groups is 1. The van der Waals surface area contributed by atoms with E-state index in [0.717, 1.165) is 6.42 Å². The van der Waals surface area contributed by atoms with E-state index in [9.17, 15) is 13.2 Å². The van der Waals surface area contributed by atoms with E-state index in [1.54, 1.807) is 4.90 Å². The van der Waals surface area contributed by atoms with Crippen molar-refractivity contribution in [2.24, 2.45) is 0 Å². The van der Waals surface area contributed by atoms with Crippen molar-refractivity contribution in [3.63, 3.8) is 0 Å². The van der Waals surface area contributed by atoms with Crippen molar-refractivity contribution in [3.8, 4) is 0 Å². The summed E-state index contributed by atoms with van der Waals surface area (Å²) >= 11 is 0. The summed E-state index contributed by atoms with van der Waals surface area (Å²) in [6.07, 6.45) is 2.11. The van der Waals surface area contributed by atoms with Gasteiger partial charge in [0.15, 0.2) is 0 Å². The van der Waals surface area contributed by atoms with E-state index in [4.69, 9.17) is 0 Å². The Morgan fingerprint density at radius 2 is 2.05 bits per heavy atom. The molecule has 0 bridgehead atoms. The first kappa shape index (κ1) is 16.8. The molecule has 0 aliphatic carbocycles. The van der Waals surface area contributed by atoms with E-state index in [0.29, 0.717) is 12.5 Å². The molecular weight excluding hydrogens is 300 g/mol. The fraction of sp³-hybridized carbons (Fsp3) is 0.562. The predicted octanol–water partition coefficient (Wildman–Crippen LogP) is 1.93. The molecular formula is C16H24N2O3S. The van der Waals surface area contributed by atoms with Gasteiger partial charge in [-0.15, -0.1) is 0 Å². The average molecular weight is 324 g/mol. The van der Waals surface area contributed by atoms with Crippen molar-refractivity contribution in [2.45, 2.75) is 32.2 Å². The van der Waals surface area contributed by atoms with Gasteiger partial charge in [-0.25, -0.2) is 13.2 Å². The molecule has 0 spiro atoms. The highest BCUT2D eigenvalue weighted by Gasteiger charge is 2.33. The van der Waals surface area contributed by atoms with Crippen molar-refractivity contribution in [2.75, 3.05) is 25.1 Å². The zero-order valence-corrected chi connectivity index (χ0v) is 14.2. The number of amides is 2. The lowest BCUT2D eigenvalue weighted by atomic mass is 9.93. The lowest BCUT2D eigenvalue weighted by molar-refractivity contribution is 0.196. The van der Waals surface area contributed by atoms with Crippen molar-refractivity contribution < 1.29 is 13.2 Å². The zero-order chi connectivity index (χ0) is 16.3. The van der Waals surface area contributed by atoms with Gasteiger partial charge in [0.05, 0.1) is 5.75 Å². The number of hydrogen-bond donors (Lipinski definition) is 1. The van der Waals surface area contributed by atoms with Crippen LogP contribution in [0.15, 0.2) is 24.3 Å². The van der Waals surface area contributed by atoms with Crippen LogP contribution in [0.2, 0.25) is 0 Å². The number of benzene rings is 1. The molecule has 1 aromatic carbocycles. The maximum Gasteiger partial charge on any atom is 0.317 e. The smallest absolute Gasteiger partial charge is 0.317 e. The van der Waals surface area contributed by atoms with Crippen molar-refractivity contribution >= 4 is 15.9 Å². The number of carbonyl (C=O) groups is 1. The molecule has 1 N–H and O–H groups in total. The van der Waals surface area contributed by atoms with Crippen LogP contribution in [0.5, 0.6) is 0 Å². The summed E-state index contributed by atoms with van der Waals surface area (Å²) in [5.41, 5.74) is 2.54. The molecule has 2 atom stereocenters. The highest BCUT2D eigenvalue weighted by Crippen LogP contribution is 2.33. The van der Waals surface area contributed by atoms with Gasteiger partial charge in [-0.2, -0.15) is 0 Å². The van der Waals surface area contributed by atoms with Crippen LogP contribution in [0.3, 0.4) is 0 Å². The number of likely N-dealkylation sites (tertiary alicyclic amines) is 1. The number of nitrogens with zero attached hydrogens (tertiary/aromatic N) is 1. The molecule has 0 radical (unpaired) electrons. The van der Waals surface area contributed by atoms with E-state index in [-0.39, 0.29) is 24.4 Å². The normalized spacial score (nSPS) is 21.9. The minimum absolute atomic E-state index is 0.0256. The second kappa shape index (κ2) is 6.69. The highest BCUT2D eigenvalue weighted by molar-refractivity contribution is 7.90. The molecule has 1 fully saturated rings. The van der Waals surface area contributed by atoms with Crippen molar-refractivity contribution in [1.29, 1.82) is 0 Å². The minimum atomic E-state index is -3.05. The van der Waals surface area contributed by atoms with Gasteiger partial charge in [0.1, 0.15) is 9.84 Å². The first-order valence-corrected chi connectivity index (χ1v) is 9.61. The van der Waals surface area contributed by atoms with Gasteiger partial charge in [-0.1, -0.05) is 24.3 Å². The van der Waals surface area contributed by atoms with Gasteiger partial charge in [-0.3, -0.25) is 0 Å². The number of sulfone groups is 1. The first-order valence-electron chi connectivity index (χ1n) is 7.55. The standard InChI is InChI=1S/C16H24N2O3S/c1-12-6-4-5-7-15(12)14-10-13(2)18(11-14)16(19)17-8-9-22(3,20)21/h4-7,13-14H,8-11H2,1-3H3,(H,17,19). The molecule has 1 aliphatic rings. The lowest BCUT2D eigenvalue weighted by Gasteiger charge is -2.22. The fourth-order valence-corrected chi connectivity index (χ4v) is 3.50. The van der Waals surface area contributed by atoms with E-state index in [1.165, 1.54) is 17.4 Å². The largest absolute Gasteiger partial charge is 0.337 e. The Balaban J connectivity index is 1.96. The third-order valence-electron chi connectivity index (χ3n) is 4.21. The molecule has 0 saturated carbocycles. The van der Waals surface area contributed by atoms with Gasteiger partial charge >= 0.3 is 6.03 Å². The van der Waals surface area contributed by atoms with E-state index < -0.39 is 9.84 Å². The van der Waals surface area contributed by atoms with E-state index in [2.05, 4.69) is 24.4 Å². The molecule has 1 aromatic rings. The van der Waals surface area contributed by atoms with Gasteiger partial charge in [-0.05, 0) is 31.4 Å². The maximum absolute atomic E-state index is 12.2. The Labute approximate surface area is 132 Å². The molecule has 5 nitrogen and oxygen atoms in total. The first-order chi connectivity index (χ1) is 10.3. The second-order valence-corrected chi connectivity index (χ2v) is 8.41. The third kappa shape index (κ3) is 4.22. The van der Waals surface area contributed by atoms with Crippen LogP contribution in [0.1, 0.15) is 30.4 Å². The molecule has 2 unspecified atom stereocenters. The molecule has 22 heavy (non-hydrogen) atoms. The summed E-state index contributed by atoms with van der Waals surface area (Å²) in [5, 5.41) is 2.71. The SMILES string of the molecule is Cc1ccccc1C1CC(C)N(C(=O)NCCS(C)(=O)=O)C1. The maximum atomic E-state index is 12.2. The van der Waals surface area contributed by atoms with Crippen LogP contribution in [0.25, 0.3) is 0 Å². The monoisotopic (exact) mass is 324 g/mol. The summed E-state index contributed by atoms with van der Waals surface area (Å²) in [6.45, 7) is 4.97. The Kier molecular flexibility index (Phi) is 5.11. The number of carbonyl (C=O) groups excluding carboxylic acids is 1. The van der Waals surface area contributed by atoms with Gasteiger partial charge in [0.2, 0.25) is 0 Å². The van der Waals surface area contributed by atoms with Crippen LogP contribution in [0, 0.1) is 6.92 Å². The summed E-state index contributed by atoms with van der Waals surface area (Å²) in [4.78, 5) is 14.0. The van der Waals surface area contributed by atoms with Gasteiger partial charge in [0.25, 0.3) is 0 Å².